The van der Waals surface area contributed by atoms with E-state index in [4.69, 9.17) is 5.11 Å². The van der Waals surface area contributed by atoms with Crippen LogP contribution in [0.2, 0.25) is 0 Å². The van der Waals surface area contributed by atoms with Crippen LogP contribution in [0.3, 0.4) is 0 Å². The molecule has 0 fully saturated rings. The second kappa shape index (κ2) is 11.2. The molecule has 0 saturated heterocycles. The van der Waals surface area contributed by atoms with Crippen LogP contribution >= 0.6 is 0 Å². The van der Waals surface area contributed by atoms with E-state index >= 15 is 0 Å². The highest BCUT2D eigenvalue weighted by atomic mass is 16.4. The van der Waals surface area contributed by atoms with Crippen molar-refractivity contribution in [3.63, 3.8) is 0 Å². The largest absolute Gasteiger partial charge is 0.478 e. The second-order valence-electron chi connectivity index (χ2n) is 3.71. The first-order valence-corrected chi connectivity index (χ1v) is 5.87. The molecule has 0 radical (unpaired) electrons. The number of carboxylic acids is 1. The van der Waals surface area contributed by atoms with Crippen LogP contribution in [0.25, 0.3) is 0 Å². The molecule has 3 nitrogen and oxygen atoms in total. The van der Waals surface area contributed by atoms with E-state index in [1.54, 1.807) is 6.08 Å². The number of carbonyl (C=O) groups is 1. The van der Waals surface area contributed by atoms with Gasteiger partial charge in [-0.1, -0.05) is 45.1 Å². The predicted molar refractivity (Wildman–Crippen MR) is 63.0 cm³/mol. The van der Waals surface area contributed by atoms with Gasteiger partial charge in [0, 0.05) is 12.6 Å². The van der Waals surface area contributed by atoms with E-state index in [2.05, 4.69) is 12.2 Å². The average Bonchev–Trinajstić information content (AvgIpc) is 2.20. The van der Waals surface area contributed by atoms with Crippen molar-refractivity contribution in [2.24, 2.45) is 0 Å². The summed E-state index contributed by atoms with van der Waals surface area (Å²) in [5, 5.41) is 11.5. The van der Waals surface area contributed by atoms with Gasteiger partial charge in [-0.05, 0) is 13.0 Å². The average molecular weight is 213 g/mol. The molecule has 0 saturated carbocycles. The molecule has 15 heavy (non-hydrogen) atoms. The molecule has 0 aromatic heterocycles. The number of rotatable bonds is 10. The Morgan fingerprint density at radius 1 is 1.20 bits per heavy atom. The van der Waals surface area contributed by atoms with E-state index in [1.807, 2.05) is 0 Å². The lowest BCUT2D eigenvalue weighted by atomic mass is 10.1. The Bertz CT molecular complexity index is 178. The van der Waals surface area contributed by atoms with Crippen LogP contribution in [0.15, 0.2) is 12.2 Å². The molecule has 0 heterocycles. The van der Waals surface area contributed by atoms with Gasteiger partial charge in [0.25, 0.3) is 0 Å². The molecule has 88 valence electrons. The van der Waals surface area contributed by atoms with E-state index in [9.17, 15) is 4.79 Å². The first-order valence-electron chi connectivity index (χ1n) is 5.87. The van der Waals surface area contributed by atoms with Gasteiger partial charge in [0.2, 0.25) is 0 Å². The molecule has 0 aliphatic heterocycles. The van der Waals surface area contributed by atoms with Gasteiger partial charge >= 0.3 is 5.97 Å². The van der Waals surface area contributed by atoms with Crippen molar-refractivity contribution in [3.8, 4) is 0 Å². The zero-order chi connectivity index (χ0) is 11.4. The number of hydrogen-bond donors (Lipinski definition) is 2. The Hall–Kier alpha value is -0.830. The molecule has 0 aliphatic carbocycles. The van der Waals surface area contributed by atoms with Gasteiger partial charge in [0.1, 0.15) is 0 Å². The molecule has 0 aromatic carbocycles. The van der Waals surface area contributed by atoms with Crippen LogP contribution in [-0.4, -0.2) is 24.2 Å². The topological polar surface area (TPSA) is 49.3 Å². The summed E-state index contributed by atoms with van der Waals surface area (Å²) in [6, 6.07) is 0. The second-order valence-corrected chi connectivity index (χ2v) is 3.71. The highest BCUT2D eigenvalue weighted by molar-refractivity contribution is 5.79. The number of carboxylic acid groups (broad SMARTS) is 1. The van der Waals surface area contributed by atoms with Gasteiger partial charge in [-0.3, -0.25) is 0 Å². The molecule has 0 unspecified atom stereocenters. The normalized spacial score (nSPS) is 11.0. The summed E-state index contributed by atoms with van der Waals surface area (Å²) < 4.78 is 0. The molecule has 0 bridgehead atoms. The molecule has 0 aliphatic rings. The van der Waals surface area contributed by atoms with Gasteiger partial charge < -0.3 is 10.4 Å². The fourth-order valence-electron chi connectivity index (χ4n) is 1.38. The summed E-state index contributed by atoms with van der Waals surface area (Å²) >= 11 is 0. The summed E-state index contributed by atoms with van der Waals surface area (Å²) in [5.74, 6) is -0.878. The van der Waals surface area contributed by atoms with E-state index < -0.39 is 5.97 Å². The zero-order valence-corrected chi connectivity index (χ0v) is 9.67. The molecule has 0 rings (SSSR count). The van der Waals surface area contributed by atoms with Gasteiger partial charge in [-0.2, -0.15) is 0 Å². The Kier molecular flexibility index (Phi) is 10.6. The van der Waals surface area contributed by atoms with Crippen molar-refractivity contribution in [1.29, 1.82) is 0 Å². The fraction of sp³-hybridized carbons (Fsp3) is 0.750. The third-order valence-electron chi connectivity index (χ3n) is 2.23. The molecule has 0 amide bonds. The maximum atomic E-state index is 10.1. The molecule has 3 heteroatoms. The van der Waals surface area contributed by atoms with Gasteiger partial charge in [0.05, 0.1) is 0 Å². The monoisotopic (exact) mass is 213 g/mol. The highest BCUT2D eigenvalue weighted by Gasteiger charge is 1.89. The van der Waals surface area contributed by atoms with Crippen LogP contribution in [-0.2, 0) is 4.79 Å². The molecule has 0 atom stereocenters. The Morgan fingerprint density at radius 3 is 2.53 bits per heavy atom. The van der Waals surface area contributed by atoms with Crippen molar-refractivity contribution in [2.45, 2.75) is 45.4 Å². The molecule has 0 aromatic rings. The molecule has 2 N–H and O–H groups in total. The van der Waals surface area contributed by atoms with Gasteiger partial charge in [-0.15, -0.1) is 0 Å². The van der Waals surface area contributed by atoms with Gasteiger partial charge in [0.15, 0.2) is 0 Å². The quantitative estimate of drug-likeness (QED) is 0.433. The van der Waals surface area contributed by atoms with Crippen molar-refractivity contribution >= 4 is 5.97 Å². The van der Waals surface area contributed by atoms with E-state index in [0.717, 1.165) is 6.54 Å². The Morgan fingerprint density at radius 2 is 1.87 bits per heavy atom. The summed E-state index contributed by atoms with van der Waals surface area (Å²) in [5.41, 5.74) is 0. The van der Waals surface area contributed by atoms with E-state index in [1.165, 1.54) is 44.6 Å². The van der Waals surface area contributed by atoms with Crippen LogP contribution < -0.4 is 5.32 Å². The number of nitrogens with one attached hydrogen (secondary N) is 1. The number of hydrogen-bond acceptors (Lipinski definition) is 2. The van der Waals surface area contributed by atoms with Crippen molar-refractivity contribution in [1.82, 2.24) is 5.32 Å². The Labute approximate surface area is 92.6 Å². The van der Waals surface area contributed by atoms with E-state index in [-0.39, 0.29) is 0 Å². The molecular weight excluding hydrogens is 190 g/mol. The van der Waals surface area contributed by atoms with Crippen LogP contribution in [0.4, 0.5) is 0 Å². The highest BCUT2D eigenvalue weighted by Crippen LogP contribution is 2.03. The zero-order valence-electron chi connectivity index (χ0n) is 9.67. The van der Waals surface area contributed by atoms with Crippen LogP contribution in [0.5, 0.6) is 0 Å². The lowest BCUT2D eigenvalue weighted by Crippen LogP contribution is -2.15. The van der Waals surface area contributed by atoms with Crippen LogP contribution in [0, 0.1) is 0 Å². The number of unbranched alkanes of at least 4 members (excludes halogenated alkanes) is 5. The summed E-state index contributed by atoms with van der Waals surface area (Å²) in [6.07, 6.45) is 10.6. The first kappa shape index (κ1) is 14.2. The summed E-state index contributed by atoms with van der Waals surface area (Å²) in [6.45, 7) is 3.85. The number of aliphatic carboxylic acids is 1. The molecular formula is C12H23NO2. The lowest BCUT2D eigenvalue weighted by Gasteiger charge is -2.01. The maximum absolute atomic E-state index is 10.1. The third-order valence-corrected chi connectivity index (χ3v) is 2.23. The minimum atomic E-state index is -0.878. The van der Waals surface area contributed by atoms with Crippen molar-refractivity contribution < 1.29 is 9.90 Å². The minimum absolute atomic E-state index is 0.654. The summed E-state index contributed by atoms with van der Waals surface area (Å²) in [4.78, 5) is 10.1. The predicted octanol–water partition coefficient (Wildman–Crippen LogP) is 2.58. The maximum Gasteiger partial charge on any atom is 0.328 e. The smallest absolute Gasteiger partial charge is 0.328 e. The lowest BCUT2D eigenvalue weighted by molar-refractivity contribution is -0.131. The SMILES string of the molecule is CCCCCCCCNC/C=C/C(=O)O. The molecule has 0 spiro atoms. The van der Waals surface area contributed by atoms with Crippen LogP contribution in [0.1, 0.15) is 45.4 Å². The minimum Gasteiger partial charge on any atom is -0.478 e. The van der Waals surface area contributed by atoms with Crippen molar-refractivity contribution in [3.05, 3.63) is 12.2 Å². The first-order chi connectivity index (χ1) is 7.27. The van der Waals surface area contributed by atoms with Gasteiger partial charge in [-0.25, -0.2) is 4.79 Å². The third kappa shape index (κ3) is 13.2. The fourth-order valence-corrected chi connectivity index (χ4v) is 1.38. The standard InChI is InChI=1S/C12H23NO2/c1-2-3-4-5-6-7-10-13-11-8-9-12(14)15/h8-9,13H,2-7,10-11H2,1H3,(H,14,15)/b9-8+. The summed E-state index contributed by atoms with van der Waals surface area (Å²) in [7, 11) is 0. The van der Waals surface area contributed by atoms with E-state index in [0.29, 0.717) is 6.54 Å². The Balaban J connectivity index is 3.02. The van der Waals surface area contributed by atoms with Crippen molar-refractivity contribution in [2.75, 3.05) is 13.1 Å².